The highest BCUT2D eigenvalue weighted by atomic mass is 16.4. The molecule has 0 saturated heterocycles. The van der Waals surface area contributed by atoms with Crippen LogP contribution in [-0.2, 0) is 11.2 Å². The van der Waals surface area contributed by atoms with Gasteiger partial charge in [0.1, 0.15) is 6.04 Å². The van der Waals surface area contributed by atoms with Crippen molar-refractivity contribution in [2.45, 2.75) is 19.4 Å². The predicted octanol–water partition coefficient (Wildman–Crippen LogP) is 1.13. The normalized spacial score (nSPS) is 18.6. The van der Waals surface area contributed by atoms with Crippen LogP contribution in [0, 0.1) is 6.92 Å². The number of anilines is 1. The molecule has 1 aromatic rings. The maximum absolute atomic E-state index is 11.6. The summed E-state index contributed by atoms with van der Waals surface area (Å²) in [5.74, 6) is -0.305. The minimum absolute atomic E-state index is 0.305. The third-order valence-electron chi connectivity index (χ3n) is 2.69. The van der Waals surface area contributed by atoms with Gasteiger partial charge in [-0.2, -0.15) is 0 Å². The summed E-state index contributed by atoms with van der Waals surface area (Å²) in [7, 11) is 0. The summed E-state index contributed by atoms with van der Waals surface area (Å²) in [6.07, 6.45) is -0.780. The second-order valence-electron chi connectivity index (χ2n) is 3.80. The molecule has 0 saturated carbocycles. The molecule has 1 aliphatic heterocycles. The molecule has 3 N–H and O–H groups in total. The molecule has 84 valence electrons. The number of carboxylic acid groups (broad SMARTS) is 1. The van der Waals surface area contributed by atoms with Crippen LogP contribution in [0.2, 0.25) is 0 Å². The summed E-state index contributed by atoms with van der Waals surface area (Å²) in [5.41, 5.74) is 2.81. The Kier molecular flexibility index (Phi) is 2.52. The predicted molar refractivity (Wildman–Crippen MR) is 58.5 cm³/mol. The van der Waals surface area contributed by atoms with Crippen LogP contribution in [0.1, 0.15) is 11.1 Å². The number of fused-ring (bicyclic) bond motifs is 1. The zero-order chi connectivity index (χ0) is 11.7. The van der Waals surface area contributed by atoms with E-state index in [9.17, 15) is 9.59 Å². The van der Waals surface area contributed by atoms with Gasteiger partial charge in [-0.25, -0.2) is 4.79 Å². The molecule has 5 nitrogen and oxygen atoms in total. The summed E-state index contributed by atoms with van der Waals surface area (Å²) in [6, 6.07) is 4.91. The second kappa shape index (κ2) is 3.84. The van der Waals surface area contributed by atoms with Gasteiger partial charge in [-0.3, -0.25) is 4.79 Å². The van der Waals surface area contributed by atoms with Crippen molar-refractivity contribution in [3.8, 4) is 0 Å². The molecule has 0 aromatic heterocycles. The molecule has 0 fully saturated rings. The molecule has 1 atom stereocenters. The van der Waals surface area contributed by atoms with E-state index in [0.29, 0.717) is 6.42 Å². The minimum Gasteiger partial charge on any atom is -0.465 e. The van der Waals surface area contributed by atoms with Crippen LogP contribution in [0.3, 0.4) is 0 Å². The monoisotopic (exact) mass is 220 g/mol. The lowest BCUT2D eigenvalue weighted by atomic mass is 9.95. The van der Waals surface area contributed by atoms with Crippen LogP contribution in [0.5, 0.6) is 0 Å². The highest BCUT2D eigenvalue weighted by molar-refractivity contribution is 5.99. The molecule has 1 aromatic carbocycles. The number of hydrogen-bond donors (Lipinski definition) is 3. The average Bonchev–Trinajstić information content (AvgIpc) is 2.20. The molecular formula is C11H12N2O3. The van der Waals surface area contributed by atoms with Crippen LogP contribution in [0.25, 0.3) is 0 Å². The van der Waals surface area contributed by atoms with E-state index in [-0.39, 0.29) is 5.91 Å². The van der Waals surface area contributed by atoms with Crippen molar-refractivity contribution in [3.05, 3.63) is 29.3 Å². The number of carbonyl (C=O) groups is 2. The van der Waals surface area contributed by atoms with Gasteiger partial charge in [0.15, 0.2) is 0 Å². The van der Waals surface area contributed by atoms with Gasteiger partial charge < -0.3 is 15.7 Å². The molecule has 16 heavy (non-hydrogen) atoms. The number of rotatable bonds is 1. The molecular weight excluding hydrogens is 208 g/mol. The zero-order valence-electron chi connectivity index (χ0n) is 8.78. The molecule has 5 heteroatoms. The van der Waals surface area contributed by atoms with Crippen molar-refractivity contribution in [2.24, 2.45) is 0 Å². The van der Waals surface area contributed by atoms with Crippen molar-refractivity contribution in [3.63, 3.8) is 0 Å². The van der Waals surface area contributed by atoms with E-state index in [0.717, 1.165) is 16.8 Å². The topological polar surface area (TPSA) is 78.4 Å². The average molecular weight is 220 g/mol. The van der Waals surface area contributed by atoms with Crippen LogP contribution in [0.4, 0.5) is 10.5 Å². The van der Waals surface area contributed by atoms with Crippen molar-refractivity contribution < 1.29 is 14.7 Å². The van der Waals surface area contributed by atoms with Crippen LogP contribution in [-0.4, -0.2) is 23.1 Å². The Morgan fingerprint density at radius 1 is 1.56 bits per heavy atom. The van der Waals surface area contributed by atoms with Gasteiger partial charge >= 0.3 is 6.09 Å². The molecule has 0 spiro atoms. The molecule has 1 heterocycles. The number of hydrogen-bond acceptors (Lipinski definition) is 2. The summed E-state index contributed by atoms with van der Waals surface area (Å²) in [6.45, 7) is 1.94. The smallest absolute Gasteiger partial charge is 0.405 e. The lowest BCUT2D eigenvalue weighted by Gasteiger charge is -2.25. The van der Waals surface area contributed by atoms with E-state index >= 15 is 0 Å². The molecule has 0 aliphatic carbocycles. The van der Waals surface area contributed by atoms with Gasteiger partial charge in [0.2, 0.25) is 5.91 Å². The molecule has 0 bridgehead atoms. The van der Waals surface area contributed by atoms with E-state index in [1.807, 2.05) is 25.1 Å². The van der Waals surface area contributed by atoms with Gasteiger partial charge in [-0.05, 0) is 24.1 Å². The highest BCUT2D eigenvalue weighted by Gasteiger charge is 2.27. The largest absolute Gasteiger partial charge is 0.465 e. The Morgan fingerprint density at radius 3 is 3.00 bits per heavy atom. The number of nitrogens with one attached hydrogen (secondary N) is 2. The Balaban J connectivity index is 2.30. The first kappa shape index (κ1) is 10.5. The standard InChI is InChI=1S/C11H12N2O3/c1-6-3-2-4-8-7(6)5-9(10(14)12-8)13-11(15)16/h2-4,9,13H,5H2,1H3,(H,12,14)(H,15,16). The van der Waals surface area contributed by atoms with Crippen LogP contribution < -0.4 is 10.6 Å². The summed E-state index contributed by atoms with van der Waals surface area (Å²) in [5, 5.41) is 13.5. The van der Waals surface area contributed by atoms with Crippen molar-refractivity contribution in [2.75, 3.05) is 5.32 Å². The lowest BCUT2D eigenvalue weighted by Crippen LogP contribution is -2.47. The van der Waals surface area contributed by atoms with Gasteiger partial charge in [-0.15, -0.1) is 0 Å². The molecule has 1 unspecified atom stereocenters. The van der Waals surface area contributed by atoms with Gasteiger partial charge in [-0.1, -0.05) is 12.1 Å². The molecule has 2 rings (SSSR count). The molecule has 0 radical (unpaired) electrons. The van der Waals surface area contributed by atoms with Gasteiger partial charge in [0.05, 0.1) is 0 Å². The number of benzene rings is 1. The van der Waals surface area contributed by atoms with E-state index in [2.05, 4.69) is 10.6 Å². The molecule has 1 aliphatic rings. The summed E-state index contributed by atoms with van der Waals surface area (Å²) >= 11 is 0. The van der Waals surface area contributed by atoms with E-state index in [1.165, 1.54) is 0 Å². The first-order chi connectivity index (χ1) is 7.58. The quantitative estimate of drug-likeness (QED) is 0.663. The highest BCUT2D eigenvalue weighted by Crippen LogP contribution is 2.25. The van der Waals surface area contributed by atoms with E-state index in [4.69, 9.17) is 5.11 Å². The fraction of sp³-hybridized carbons (Fsp3) is 0.273. The Bertz CT molecular complexity index is 457. The zero-order valence-corrected chi connectivity index (χ0v) is 8.78. The van der Waals surface area contributed by atoms with Crippen molar-refractivity contribution in [1.29, 1.82) is 0 Å². The van der Waals surface area contributed by atoms with Gasteiger partial charge in [0, 0.05) is 12.1 Å². The SMILES string of the molecule is Cc1cccc2c1CC(NC(=O)O)C(=O)N2. The first-order valence-corrected chi connectivity index (χ1v) is 4.97. The van der Waals surface area contributed by atoms with Crippen molar-refractivity contribution >= 4 is 17.7 Å². The summed E-state index contributed by atoms with van der Waals surface area (Å²) < 4.78 is 0. The fourth-order valence-corrected chi connectivity index (χ4v) is 1.87. The third-order valence-corrected chi connectivity index (χ3v) is 2.69. The van der Waals surface area contributed by atoms with Crippen LogP contribution in [0.15, 0.2) is 18.2 Å². The second-order valence-corrected chi connectivity index (χ2v) is 3.80. The number of carbonyl (C=O) groups excluding carboxylic acids is 1. The number of aryl methyl sites for hydroxylation is 1. The maximum atomic E-state index is 11.6. The Labute approximate surface area is 92.5 Å². The van der Waals surface area contributed by atoms with Crippen molar-refractivity contribution in [1.82, 2.24) is 5.32 Å². The first-order valence-electron chi connectivity index (χ1n) is 4.97. The minimum atomic E-state index is -1.18. The Hall–Kier alpha value is -2.04. The Morgan fingerprint density at radius 2 is 2.31 bits per heavy atom. The summed E-state index contributed by atoms with van der Waals surface area (Å²) in [4.78, 5) is 22.1. The van der Waals surface area contributed by atoms with Gasteiger partial charge in [0.25, 0.3) is 0 Å². The fourth-order valence-electron chi connectivity index (χ4n) is 1.87. The van der Waals surface area contributed by atoms with E-state index in [1.54, 1.807) is 0 Å². The third kappa shape index (κ3) is 1.84. The maximum Gasteiger partial charge on any atom is 0.405 e. The number of amides is 2. The molecule has 2 amide bonds. The van der Waals surface area contributed by atoms with E-state index < -0.39 is 12.1 Å². The lowest BCUT2D eigenvalue weighted by molar-refractivity contribution is -0.118. The van der Waals surface area contributed by atoms with Crippen LogP contribution >= 0.6 is 0 Å².